The van der Waals surface area contributed by atoms with Crippen LogP contribution in [0.4, 0.5) is 0 Å². The van der Waals surface area contributed by atoms with E-state index in [1.807, 2.05) is 26.0 Å². The number of esters is 1. The van der Waals surface area contributed by atoms with Crippen molar-refractivity contribution in [2.24, 2.45) is 0 Å². The van der Waals surface area contributed by atoms with E-state index in [4.69, 9.17) is 9.47 Å². The first-order chi connectivity index (χ1) is 8.03. The minimum atomic E-state index is -0.567. The van der Waals surface area contributed by atoms with Gasteiger partial charge >= 0.3 is 5.97 Å². The van der Waals surface area contributed by atoms with E-state index in [0.717, 1.165) is 23.7 Å². The van der Waals surface area contributed by atoms with Gasteiger partial charge in [-0.25, -0.2) is 0 Å². The van der Waals surface area contributed by atoms with E-state index in [9.17, 15) is 4.79 Å². The molecular formula is C13H16O3S. The first-order valence-corrected chi connectivity index (χ1v) is 6.38. The first-order valence-electron chi connectivity index (χ1n) is 5.56. The Labute approximate surface area is 105 Å². The second kappa shape index (κ2) is 4.61. The number of fused-ring (bicyclic) bond motifs is 1. The Bertz CT molecular complexity index is 440. The smallest absolute Gasteiger partial charge is 0.321 e. The lowest BCUT2D eigenvalue weighted by atomic mass is 10.2. The van der Waals surface area contributed by atoms with Gasteiger partial charge < -0.3 is 9.47 Å². The third-order valence-corrected chi connectivity index (χ3v) is 3.88. The van der Waals surface area contributed by atoms with E-state index < -0.39 is 4.75 Å². The minimum absolute atomic E-state index is 0.209. The molecule has 0 aliphatic carbocycles. The van der Waals surface area contributed by atoms with Gasteiger partial charge in [-0.1, -0.05) is 0 Å². The molecule has 1 aromatic rings. The molecule has 0 aromatic heterocycles. The van der Waals surface area contributed by atoms with E-state index >= 15 is 0 Å². The molecule has 0 bridgehead atoms. The summed E-state index contributed by atoms with van der Waals surface area (Å²) >= 11 is 1.51. The van der Waals surface area contributed by atoms with Crippen molar-refractivity contribution in [3.05, 3.63) is 23.8 Å². The molecule has 3 nitrogen and oxygen atoms in total. The van der Waals surface area contributed by atoms with Gasteiger partial charge in [0.25, 0.3) is 0 Å². The molecule has 0 radical (unpaired) electrons. The normalized spacial score (nSPS) is 14.1. The summed E-state index contributed by atoms with van der Waals surface area (Å²) < 4.78 is 9.68. The highest BCUT2D eigenvalue weighted by Gasteiger charge is 2.30. The van der Waals surface area contributed by atoms with Crippen LogP contribution < -0.4 is 4.74 Å². The molecule has 17 heavy (non-hydrogen) atoms. The highest BCUT2D eigenvalue weighted by Crippen LogP contribution is 2.36. The Morgan fingerprint density at radius 3 is 2.94 bits per heavy atom. The average molecular weight is 252 g/mol. The zero-order valence-electron chi connectivity index (χ0n) is 10.3. The van der Waals surface area contributed by atoms with Crippen LogP contribution in [0.25, 0.3) is 0 Å². The van der Waals surface area contributed by atoms with E-state index in [1.54, 1.807) is 0 Å². The van der Waals surface area contributed by atoms with Gasteiger partial charge in [-0.05, 0) is 37.6 Å². The quantitative estimate of drug-likeness (QED) is 0.612. The van der Waals surface area contributed by atoms with Crippen molar-refractivity contribution in [3.8, 4) is 5.75 Å². The minimum Gasteiger partial charge on any atom is -0.493 e. The second-order valence-electron chi connectivity index (χ2n) is 4.47. The average Bonchev–Trinajstić information content (AvgIpc) is 2.74. The molecule has 1 heterocycles. The summed E-state index contributed by atoms with van der Waals surface area (Å²) in [7, 11) is 1.42. The van der Waals surface area contributed by atoms with E-state index in [1.165, 1.54) is 24.4 Å². The molecule has 0 amide bonds. The molecule has 4 heteroatoms. The number of carbonyl (C=O) groups is 1. The molecule has 0 saturated heterocycles. The van der Waals surface area contributed by atoms with Gasteiger partial charge in [0.15, 0.2) is 0 Å². The number of methoxy groups -OCH3 is 1. The number of hydrogen-bond acceptors (Lipinski definition) is 4. The topological polar surface area (TPSA) is 35.5 Å². The molecular weight excluding hydrogens is 236 g/mol. The fourth-order valence-electron chi connectivity index (χ4n) is 1.81. The van der Waals surface area contributed by atoms with Crippen molar-refractivity contribution < 1.29 is 14.3 Å². The van der Waals surface area contributed by atoms with E-state index in [-0.39, 0.29) is 5.97 Å². The maximum absolute atomic E-state index is 11.6. The number of carbonyl (C=O) groups excluding carboxylic acids is 1. The Hall–Kier alpha value is -1.16. The van der Waals surface area contributed by atoms with Crippen LogP contribution in [0.1, 0.15) is 19.4 Å². The van der Waals surface area contributed by atoms with Crippen molar-refractivity contribution >= 4 is 17.7 Å². The van der Waals surface area contributed by atoms with Gasteiger partial charge in [-0.15, -0.1) is 11.8 Å². The third kappa shape index (κ3) is 2.57. The van der Waals surface area contributed by atoms with Crippen molar-refractivity contribution in [2.45, 2.75) is 29.9 Å². The summed E-state index contributed by atoms with van der Waals surface area (Å²) in [6.45, 7) is 4.49. The maximum Gasteiger partial charge on any atom is 0.321 e. The lowest BCUT2D eigenvalue weighted by molar-refractivity contribution is -0.142. The lowest BCUT2D eigenvalue weighted by Gasteiger charge is -2.20. The van der Waals surface area contributed by atoms with Crippen LogP contribution in [-0.4, -0.2) is 24.4 Å². The van der Waals surface area contributed by atoms with Crippen molar-refractivity contribution in [1.82, 2.24) is 0 Å². The van der Waals surface area contributed by atoms with E-state index in [2.05, 4.69) is 6.07 Å². The zero-order valence-corrected chi connectivity index (χ0v) is 11.1. The van der Waals surface area contributed by atoms with Crippen molar-refractivity contribution in [2.75, 3.05) is 13.7 Å². The van der Waals surface area contributed by atoms with Crippen LogP contribution in [0.15, 0.2) is 23.1 Å². The summed E-state index contributed by atoms with van der Waals surface area (Å²) in [6, 6.07) is 6.05. The molecule has 1 aliphatic rings. The Morgan fingerprint density at radius 2 is 2.24 bits per heavy atom. The Balaban J connectivity index is 2.16. The molecule has 0 fully saturated rings. The largest absolute Gasteiger partial charge is 0.493 e. The molecule has 0 unspecified atom stereocenters. The maximum atomic E-state index is 11.6. The third-order valence-electron chi connectivity index (χ3n) is 2.71. The molecule has 0 spiro atoms. The Kier molecular flexibility index (Phi) is 3.33. The monoisotopic (exact) mass is 252 g/mol. The first kappa shape index (κ1) is 12.3. The summed E-state index contributed by atoms with van der Waals surface area (Å²) in [5, 5.41) is 0. The molecule has 1 aromatic carbocycles. The predicted molar refractivity (Wildman–Crippen MR) is 67.6 cm³/mol. The van der Waals surface area contributed by atoms with Crippen LogP contribution in [-0.2, 0) is 16.0 Å². The molecule has 0 atom stereocenters. The van der Waals surface area contributed by atoms with Gasteiger partial charge in [0.2, 0.25) is 0 Å². The summed E-state index contributed by atoms with van der Waals surface area (Å²) in [5.41, 5.74) is 1.22. The number of rotatable bonds is 3. The second-order valence-corrected chi connectivity index (χ2v) is 6.17. The van der Waals surface area contributed by atoms with Gasteiger partial charge in [0.05, 0.1) is 13.7 Å². The van der Waals surface area contributed by atoms with Gasteiger partial charge in [-0.2, -0.15) is 0 Å². The molecule has 92 valence electrons. The van der Waals surface area contributed by atoms with Crippen LogP contribution in [0.2, 0.25) is 0 Å². The number of benzene rings is 1. The molecule has 2 rings (SSSR count). The zero-order chi connectivity index (χ0) is 12.5. The fraction of sp³-hybridized carbons (Fsp3) is 0.462. The standard InChI is InChI=1S/C13H16O3S/c1-13(2,12(14)15-3)17-10-4-5-11-9(8-10)6-7-16-11/h4-5,8H,6-7H2,1-3H3. The summed E-state index contributed by atoms with van der Waals surface area (Å²) in [4.78, 5) is 12.7. The number of thioether (sulfide) groups is 1. The van der Waals surface area contributed by atoms with Gasteiger partial charge in [0.1, 0.15) is 10.5 Å². The lowest BCUT2D eigenvalue weighted by Crippen LogP contribution is -2.28. The Morgan fingerprint density at radius 1 is 1.47 bits per heavy atom. The molecule has 0 saturated carbocycles. The SMILES string of the molecule is COC(=O)C(C)(C)Sc1ccc2c(c1)CCO2. The van der Waals surface area contributed by atoms with Crippen molar-refractivity contribution in [1.29, 1.82) is 0 Å². The summed E-state index contributed by atoms with van der Waals surface area (Å²) in [5.74, 6) is 0.754. The highest BCUT2D eigenvalue weighted by atomic mass is 32.2. The number of hydrogen-bond donors (Lipinski definition) is 0. The number of ether oxygens (including phenoxy) is 2. The molecule has 0 N–H and O–H groups in total. The van der Waals surface area contributed by atoms with Crippen LogP contribution in [0.3, 0.4) is 0 Å². The fourth-order valence-corrected chi connectivity index (χ4v) is 2.90. The van der Waals surface area contributed by atoms with Crippen LogP contribution in [0, 0.1) is 0 Å². The van der Waals surface area contributed by atoms with Crippen LogP contribution >= 0.6 is 11.8 Å². The summed E-state index contributed by atoms with van der Waals surface area (Å²) in [6.07, 6.45) is 0.947. The predicted octanol–water partition coefficient (Wildman–Crippen LogP) is 2.67. The van der Waals surface area contributed by atoms with Crippen molar-refractivity contribution in [3.63, 3.8) is 0 Å². The van der Waals surface area contributed by atoms with Crippen LogP contribution in [0.5, 0.6) is 5.75 Å². The van der Waals surface area contributed by atoms with Gasteiger partial charge in [0, 0.05) is 11.3 Å². The molecule has 1 aliphatic heterocycles. The highest BCUT2D eigenvalue weighted by molar-refractivity contribution is 8.01. The van der Waals surface area contributed by atoms with E-state index in [0.29, 0.717) is 0 Å². The van der Waals surface area contributed by atoms with Gasteiger partial charge in [-0.3, -0.25) is 4.79 Å².